The van der Waals surface area contributed by atoms with Crippen molar-refractivity contribution >= 4 is 5.78 Å². The highest BCUT2D eigenvalue weighted by molar-refractivity contribution is 5.92. The molecule has 0 bridgehead atoms. The van der Waals surface area contributed by atoms with Gasteiger partial charge in [0.1, 0.15) is 0 Å². The third-order valence-electron chi connectivity index (χ3n) is 1.47. The molecule has 0 spiro atoms. The van der Waals surface area contributed by atoms with Crippen molar-refractivity contribution in [2.24, 2.45) is 0 Å². The van der Waals surface area contributed by atoms with Crippen LogP contribution in [-0.4, -0.2) is 24.8 Å². The Kier molecular flexibility index (Phi) is 1.90. The molecular formula is C8H11NO. The Morgan fingerprint density at radius 3 is 2.50 bits per heavy atom. The van der Waals surface area contributed by atoms with E-state index in [9.17, 15) is 4.79 Å². The van der Waals surface area contributed by atoms with Crippen LogP contribution < -0.4 is 0 Å². The molecule has 54 valence electrons. The van der Waals surface area contributed by atoms with Gasteiger partial charge in [0.05, 0.1) is 0 Å². The number of carbonyl (C=O) groups is 1. The van der Waals surface area contributed by atoms with Crippen LogP contribution in [-0.2, 0) is 4.79 Å². The van der Waals surface area contributed by atoms with Gasteiger partial charge in [-0.1, -0.05) is 6.08 Å². The Hall–Kier alpha value is -1.05. The maximum Gasteiger partial charge on any atom is 0.159 e. The first-order chi connectivity index (χ1) is 4.70. The summed E-state index contributed by atoms with van der Waals surface area (Å²) in [6.07, 6.45) is 5.94. The second-order valence-corrected chi connectivity index (χ2v) is 2.53. The minimum Gasteiger partial charge on any atom is -0.378 e. The van der Waals surface area contributed by atoms with Crippen LogP contribution >= 0.6 is 0 Å². The van der Waals surface area contributed by atoms with Crippen LogP contribution in [0.4, 0.5) is 0 Å². The molecule has 0 saturated heterocycles. The van der Waals surface area contributed by atoms with Crippen LogP contribution in [0.25, 0.3) is 0 Å². The van der Waals surface area contributed by atoms with E-state index in [-0.39, 0.29) is 5.78 Å². The van der Waals surface area contributed by atoms with E-state index < -0.39 is 0 Å². The first-order valence-corrected chi connectivity index (χ1v) is 3.28. The lowest BCUT2D eigenvalue weighted by atomic mass is 10.1. The fourth-order valence-corrected chi connectivity index (χ4v) is 0.851. The fraction of sp³-hybridized carbons (Fsp3) is 0.375. The predicted molar refractivity (Wildman–Crippen MR) is 40.5 cm³/mol. The van der Waals surface area contributed by atoms with Crippen molar-refractivity contribution in [3.8, 4) is 0 Å². The van der Waals surface area contributed by atoms with Crippen LogP contribution in [0.15, 0.2) is 23.9 Å². The third-order valence-corrected chi connectivity index (χ3v) is 1.47. The lowest BCUT2D eigenvalue weighted by Crippen LogP contribution is -2.12. The summed E-state index contributed by atoms with van der Waals surface area (Å²) in [6.45, 7) is 0. The summed E-state index contributed by atoms with van der Waals surface area (Å²) in [5.74, 6) is 0.186. The topological polar surface area (TPSA) is 20.3 Å². The van der Waals surface area contributed by atoms with Crippen LogP contribution in [0.2, 0.25) is 0 Å². The van der Waals surface area contributed by atoms with Crippen molar-refractivity contribution in [2.45, 2.75) is 6.42 Å². The minimum absolute atomic E-state index is 0.186. The first-order valence-electron chi connectivity index (χ1n) is 3.28. The zero-order valence-corrected chi connectivity index (χ0v) is 6.29. The standard InChI is InChI=1S/C8H11NO/c1-9(2)7-3-5-8(10)6-4-7/h3-5H,6H2,1-2H3. The SMILES string of the molecule is CN(C)C1=CCC(=O)C=C1. The van der Waals surface area contributed by atoms with E-state index in [0.29, 0.717) is 6.42 Å². The smallest absolute Gasteiger partial charge is 0.159 e. The van der Waals surface area contributed by atoms with E-state index in [1.807, 2.05) is 31.1 Å². The summed E-state index contributed by atoms with van der Waals surface area (Å²) < 4.78 is 0. The molecule has 10 heavy (non-hydrogen) atoms. The van der Waals surface area contributed by atoms with E-state index >= 15 is 0 Å². The van der Waals surface area contributed by atoms with Gasteiger partial charge in [-0.2, -0.15) is 0 Å². The maximum atomic E-state index is 10.7. The Balaban J connectivity index is 2.67. The van der Waals surface area contributed by atoms with Gasteiger partial charge in [0.15, 0.2) is 5.78 Å². The fourth-order valence-electron chi connectivity index (χ4n) is 0.851. The van der Waals surface area contributed by atoms with Crippen molar-refractivity contribution < 1.29 is 4.79 Å². The molecule has 0 heterocycles. The average molecular weight is 137 g/mol. The van der Waals surface area contributed by atoms with Gasteiger partial charge in [-0.3, -0.25) is 4.79 Å². The number of hydrogen-bond donors (Lipinski definition) is 0. The highest BCUT2D eigenvalue weighted by Crippen LogP contribution is 2.08. The molecule has 0 N–H and O–H groups in total. The van der Waals surface area contributed by atoms with Gasteiger partial charge >= 0.3 is 0 Å². The summed E-state index contributed by atoms with van der Waals surface area (Å²) >= 11 is 0. The van der Waals surface area contributed by atoms with Crippen LogP contribution in [0.3, 0.4) is 0 Å². The molecule has 0 aliphatic heterocycles. The number of likely N-dealkylation sites (N-methyl/N-ethyl adjacent to an activating group) is 1. The van der Waals surface area contributed by atoms with Crippen molar-refractivity contribution in [1.82, 2.24) is 4.90 Å². The molecule has 0 unspecified atom stereocenters. The second kappa shape index (κ2) is 2.69. The first kappa shape index (κ1) is 7.06. The molecule has 0 saturated carbocycles. The van der Waals surface area contributed by atoms with Crippen LogP contribution in [0.5, 0.6) is 0 Å². The van der Waals surface area contributed by atoms with Gasteiger partial charge in [-0.15, -0.1) is 0 Å². The Labute approximate surface area is 60.8 Å². The van der Waals surface area contributed by atoms with Crippen molar-refractivity contribution in [2.75, 3.05) is 14.1 Å². The molecule has 0 aromatic carbocycles. The monoisotopic (exact) mass is 137 g/mol. The van der Waals surface area contributed by atoms with Gasteiger partial charge in [0.2, 0.25) is 0 Å². The number of ketones is 1. The molecule has 1 rings (SSSR count). The zero-order valence-electron chi connectivity index (χ0n) is 6.29. The molecular weight excluding hydrogens is 126 g/mol. The quantitative estimate of drug-likeness (QED) is 0.536. The van der Waals surface area contributed by atoms with Gasteiger partial charge in [-0.05, 0) is 12.2 Å². The minimum atomic E-state index is 0.186. The molecule has 2 heteroatoms. The highest BCUT2D eigenvalue weighted by Gasteiger charge is 2.03. The molecule has 1 aliphatic carbocycles. The van der Waals surface area contributed by atoms with Crippen molar-refractivity contribution in [1.29, 1.82) is 0 Å². The van der Waals surface area contributed by atoms with E-state index in [1.165, 1.54) is 0 Å². The molecule has 2 nitrogen and oxygen atoms in total. The lowest BCUT2D eigenvalue weighted by molar-refractivity contribution is -0.113. The summed E-state index contributed by atoms with van der Waals surface area (Å²) in [7, 11) is 3.93. The number of nitrogens with zero attached hydrogens (tertiary/aromatic N) is 1. The molecule has 0 atom stereocenters. The van der Waals surface area contributed by atoms with Crippen LogP contribution in [0.1, 0.15) is 6.42 Å². The zero-order chi connectivity index (χ0) is 7.56. The number of hydrogen-bond acceptors (Lipinski definition) is 2. The summed E-state index contributed by atoms with van der Waals surface area (Å²) in [4.78, 5) is 12.7. The second-order valence-electron chi connectivity index (χ2n) is 2.53. The predicted octanol–water partition coefficient (Wildman–Crippen LogP) is 0.961. The highest BCUT2D eigenvalue weighted by atomic mass is 16.1. The average Bonchev–Trinajstić information content (AvgIpc) is 1.88. The molecule has 0 radical (unpaired) electrons. The molecule has 0 aromatic rings. The molecule has 0 fully saturated rings. The largest absolute Gasteiger partial charge is 0.378 e. The molecule has 0 amide bonds. The molecule has 0 aromatic heterocycles. The van der Waals surface area contributed by atoms with Crippen molar-refractivity contribution in [3.63, 3.8) is 0 Å². The van der Waals surface area contributed by atoms with Crippen LogP contribution in [0, 0.1) is 0 Å². The van der Waals surface area contributed by atoms with Gasteiger partial charge in [0.25, 0.3) is 0 Å². The summed E-state index contributed by atoms with van der Waals surface area (Å²) in [5.41, 5.74) is 1.11. The van der Waals surface area contributed by atoms with E-state index in [1.54, 1.807) is 6.08 Å². The van der Waals surface area contributed by atoms with E-state index in [0.717, 1.165) is 5.70 Å². The van der Waals surface area contributed by atoms with Gasteiger partial charge in [0, 0.05) is 26.2 Å². The maximum absolute atomic E-state index is 10.7. The van der Waals surface area contributed by atoms with Gasteiger partial charge in [-0.25, -0.2) is 0 Å². The van der Waals surface area contributed by atoms with Crippen molar-refractivity contribution in [3.05, 3.63) is 23.9 Å². The number of rotatable bonds is 1. The summed E-state index contributed by atoms with van der Waals surface area (Å²) in [6, 6.07) is 0. The Morgan fingerprint density at radius 1 is 1.40 bits per heavy atom. The van der Waals surface area contributed by atoms with E-state index in [4.69, 9.17) is 0 Å². The Bertz CT molecular complexity index is 201. The van der Waals surface area contributed by atoms with E-state index in [2.05, 4.69) is 0 Å². The normalized spacial score (nSPS) is 17.0. The number of allylic oxidation sites excluding steroid dienone is 3. The molecule has 1 aliphatic rings. The third kappa shape index (κ3) is 1.47. The Morgan fingerprint density at radius 2 is 2.10 bits per heavy atom. The number of carbonyl (C=O) groups excluding carboxylic acids is 1. The summed E-state index contributed by atoms with van der Waals surface area (Å²) in [5, 5.41) is 0. The van der Waals surface area contributed by atoms with Gasteiger partial charge < -0.3 is 4.90 Å². The lowest BCUT2D eigenvalue weighted by Gasteiger charge is -2.15.